The number of nitrogens with two attached hydrogens (primary N) is 1. The zero-order valence-electron chi connectivity index (χ0n) is 10.5. The molecule has 0 unspecified atom stereocenters. The van der Waals surface area contributed by atoms with E-state index in [9.17, 15) is 8.42 Å². The summed E-state index contributed by atoms with van der Waals surface area (Å²) < 4.78 is 28.3. The van der Waals surface area contributed by atoms with Crippen molar-refractivity contribution in [2.75, 3.05) is 10.8 Å². The number of hydrogen-bond acceptors (Lipinski definition) is 5. The van der Waals surface area contributed by atoms with Crippen LogP contribution in [0.1, 0.15) is 30.9 Å². The lowest BCUT2D eigenvalue weighted by Crippen LogP contribution is -2.38. The Labute approximate surface area is 106 Å². The number of amidine groups is 1. The van der Waals surface area contributed by atoms with Crippen molar-refractivity contribution in [3.8, 4) is 0 Å². The molecule has 0 spiro atoms. The Morgan fingerprint density at radius 3 is 2.50 bits per heavy atom. The fraction of sp³-hybridized carbons (Fsp3) is 0.500. The molecule has 0 atom stereocenters. The van der Waals surface area contributed by atoms with Gasteiger partial charge in [0, 0.05) is 6.54 Å². The van der Waals surface area contributed by atoms with Gasteiger partial charge in [-0.2, -0.15) is 8.42 Å². The van der Waals surface area contributed by atoms with Crippen molar-refractivity contribution in [2.45, 2.75) is 27.2 Å². The average Bonchev–Trinajstić information content (AvgIpc) is 2.27. The van der Waals surface area contributed by atoms with E-state index in [2.05, 4.69) is 14.4 Å². The molecule has 18 heavy (non-hydrogen) atoms. The number of aryl methyl sites for hydroxylation is 2. The minimum atomic E-state index is -3.78. The van der Waals surface area contributed by atoms with E-state index in [4.69, 9.17) is 5.73 Å². The highest BCUT2D eigenvalue weighted by atomic mass is 32.2. The molecule has 0 fully saturated rings. The zero-order chi connectivity index (χ0) is 13.5. The zero-order valence-corrected chi connectivity index (χ0v) is 11.3. The molecule has 98 valence electrons. The minimum absolute atomic E-state index is 0.100. The van der Waals surface area contributed by atoms with E-state index < -0.39 is 10.2 Å². The van der Waals surface area contributed by atoms with Gasteiger partial charge in [0.1, 0.15) is 5.69 Å². The molecule has 0 radical (unpaired) electrons. The number of rotatable bonds is 2. The van der Waals surface area contributed by atoms with Crippen LogP contribution in [-0.2, 0) is 16.6 Å². The highest BCUT2D eigenvalue weighted by Crippen LogP contribution is 2.26. The second-order valence-corrected chi connectivity index (χ2v) is 5.42. The molecule has 0 aliphatic carbocycles. The Balaban J connectivity index is 2.74. The van der Waals surface area contributed by atoms with Crippen LogP contribution in [0.4, 0.5) is 5.82 Å². The number of fused-ring (bicyclic) bond motifs is 1. The van der Waals surface area contributed by atoms with Crippen LogP contribution >= 0.6 is 0 Å². The van der Waals surface area contributed by atoms with Crippen LogP contribution in [0, 0.1) is 6.92 Å². The summed E-state index contributed by atoms with van der Waals surface area (Å²) >= 11 is 0. The fourth-order valence-corrected chi connectivity index (χ4v) is 2.97. The highest BCUT2D eigenvalue weighted by Gasteiger charge is 2.32. The predicted octanol–water partition coefficient (Wildman–Crippen LogP) is 0.137. The first kappa shape index (κ1) is 12.7. The Morgan fingerprint density at radius 1 is 1.28 bits per heavy atom. The molecule has 0 aromatic carbocycles. The van der Waals surface area contributed by atoms with Crippen LogP contribution in [-0.4, -0.2) is 30.8 Å². The summed E-state index contributed by atoms with van der Waals surface area (Å²) in [5.41, 5.74) is 7.50. The molecular formula is C10H15N5O2S. The maximum absolute atomic E-state index is 11.8. The molecule has 2 rings (SSSR count). The van der Waals surface area contributed by atoms with Gasteiger partial charge in [0.05, 0.1) is 11.4 Å². The number of aromatic nitrogens is 2. The van der Waals surface area contributed by atoms with Crippen molar-refractivity contribution in [3.63, 3.8) is 0 Å². The molecule has 2 N–H and O–H groups in total. The van der Waals surface area contributed by atoms with E-state index >= 15 is 0 Å². The van der Waals surface area contributed by atoms with E-state index in [1.54, 1.807) is 13.8 Å². The summed E-state index contributed by atoms with van der Waals surface area (Å²) in [5, 5.41) is 0. The first-order valence-electron chi connectivity index (χ1n) is 5.66. The van der Waals surface area contributed by atoms with Crippen molar-refractivity contribution in [1.29, 1.82) is 0 Å². The SMILES string of the molecule is CCc1nc2c(nc1C)N(CC)S(=O)(=O)N=C2N. The summed E-state index contributed by atoms with van der Waals surface area (Å²) in [6.07, 6.45) is 0.707. The highest BCUT2D eigenvalue weighted by molar-refractivity contribution is 7.91. The van der Waals surface area contributed by atoms with E-state index in [1.165, 1.54) is 0 Å². The van der Waals surface area contributed by atoms with Crippen LogP contribution in [0.15, 0.2) is 4.40 Å². The molecule has 1 aromatic rings. The Kier molecular flexibility index (Phi) is 2.97. The number of anilines is 1. The normalized spacial score (nSPS) is 17.3. The molecule has 0 amide bonds. The maximum Gasteiger partial charge on any atom is 0.347 e. The molecule has 8 heteroatoms. The van der Waals surface area contributed by atoms with Gasteiger partial charge in [0.15, 0.2) is 11.7 Å². The van der Waals surface area contributed by atoms with Crippen LogP contribution in [0.3, 0.4) is 0 Å². The smallest absolute Gasteiger partial charge is 0.347 e. The average molecular weight is 269 g/mol. The molecule has 7 nitrogen and oxygen atoms in total. The summed E-state index contributed by atoms with van der Waals surface area (Å²) in [5.74, 6) is 0.164. The third-order valence-electron chi connectivity index (χ3n) is 2.74. The monoisotopic (exact) mass is 269 g/mol. The molecule has 0 saturated heterocycles. The molecule has 1 aromatic heterocycles. The predicted molar refractivity (Wildman–Crippen MR) is 68.8 cm³/mol. The Hall–Kier alpha value is -1.70. The van der Waals surface area contributed by atoms with Gasteiger partial charge in [-0.1, -0.05) is 6.92 Å². The minimum Gasteiger partial charge on any atom is -0.381 e. The lowest BCUT2D eigenvalue weighted by Gasteiger charge is -2.25. The molecule has 0 saturated carbocycles. The van der Waals surface area contributed by atoms with Crippen molar-refractivity contribution in [3.05, 3.63) is 17.1 Å². The number of hydrogen-bond donors (Lipinski definition) is 1. The van der Waals surface area contributed by atoms with Crippen LogP contribution in [0.5, 0.6) is 0 Å². The van der Waals surface area contributed by atoms with Crippen molar-refractivity contribution in [2.24, 2.45) is 10.1 Å². The van der Waals surface area contributed by atoms with Gasteiger partial charge in [-0.3, -0.25) is 0 Å². The lowest BCUT2D eigenvalue weighted by molar-refractivity contribution is 0.592. The standard InChI is InChI=1S/C10H15N5O2S/c1-4-7-6(3)12-10-8(13-7)9(11)14-18(16,17)15(10)5-2/h4-5H2,1-3H3,(H2,11,14). The quantitative estimate of drug-likeness (QED) is 0.822. The Morgan fingerprint density at radius 2 is 1.94 bits per heavy atom. The lowest BCUT2D eigenvalue weighted by atomic mass is 10.2. The fourth-order valence-electron chi connectivity index (χ4n) is 1.86. The molecule has 1 aliphatic heterocycles. The molecule has 1 aliphatic rings. The second-order valence-electron chi connectivity index (χ2n) is 3.90. The largest absolute Gasteiger partial charge is 0.381 e. The third-order valence-corrected chi connectivity index (χ3v) is 4.16. The summed E-state index contributed by atoms with van der Waals surface area (Å²) in [6, 6.07) is 0. The summed E-state index contributed by atoms with van der Waals surface area (Å²) in [7, 11) is -3.78. The van der Waals surface area contributed by atoms with Crippen LogP contribution in [0.25, 0.3) is 0 Å². The van der Waals surface area contributed by atoms with Gasteiger partial charge in [0.2, 0.25) is 0 Å². The second kappa shape index (κ2) is 4.20. The van der Waals surface area contributed by atoms with E-state index in [0.29, 0.717) is 17.8 Å². The Bertz CT molecular complexity index is 623. The molecular weight excluding hydrogens is 254 g/mol. The van der Waals surface area contributed by atoms with Gasteiger partial charge >= 0.3 is 10.2 Å². The van der Waals surface area contributed by atoms with Crippen molar-refractivity contribution in [1.82, 2.24) is 9.97 Å². The molecule has 0 bridgehead atoms. The molecule has 2 heterocycles. The maximum atomic E-state index is 11.8. The summed E-state index contributed by atoms with van der Waals surface area (Å²) in [4.78, 5) is 8.66. The van der Waals surface area contributed by atoms with Gasteiger partial charge in [-0.05, 0) is 20.3 Å². The van der Waals surface area contributed by atoms with Crippen LogP contribution < -0.4 is 10.0 Å². The first-order chi connectivity index (χ1) is 8.40. The van der Waals surface area contributed by atoms with Gasteiger partial charge in [-0.15, -0.1) is 4.40 Å². The van der Waals surface area contributed by atoms with Gasteiger partial charge in [0.25, 0.3) is 0 Å². The van der Waals surface area contributed by atoms with Crippen LogP contribution in [0.2, 0.25) is 0 Å². The van der Waals surface area contributed by atoms with E-state index in [0.717, 1.165) is 10.00 Å². The third kappa shape index (κ3) is 1.82. The van der Waals surface area contributed by atoms with Gasteiger partial charge in [-0.25, -0.2) is 14.3 Å². The first-order valence-corrected chi connectivity index (χ1v) is 7.06. The summed E-state index contributed by atoms with van der Waals surface area (Å²) in [6.45, 7) is 5.71. The van der Waals surface area contributed by atoms with E-state index in [-0.39, 0.29) is 18.2 Å². The number of nitrogens with zero attached hydrogens (tertiary/aromatic N) is 4. The van der Waals surface area contributed by atoms with Crippen molar-refractivity contribution < 1.29 is 8.42 Å². The van der Waals surface area contributed by atoms with E-state index in [1.807, 2.05) is 6.92 Å². The van der Waals surface area contributed by atoms with Gasteiger partial charge < -0.3 is 5.73 Å². The van der Waals surface area contributed by atoms with Crippen molar-refractivity contribution >= 4 is 21.9 Å². The topological polar surface area (TPSA) is 102 Å².